The van der Waals surface area contributed by atoms with Gasteiger partial charge in [0.05, 0.1) is 0 Å². The van der Waals surface area contributed by atoms with Gasteiger partial charge in [-0.3, -0.25) is 4.98 Å². The average Bonchev–Trinajstić information content (AvgIpc) is 2.47. The molecule has 0 amide bonds. The van der Waals surface area contributed by atoms with Gasteiger partial charge in [0.25, 0.3) is 0 Å². The Bertz CT molecular complexity index is 543. The van der Waals surface area contributed by atoms with Crippen molar-refractivity contribution in [1.82, 2.24) is 10.3 Å². The van der Waals surface area contributed by atoms with Crippen molar-refractivity contribution in [2.24, 2.45) is 0 Å². The topological polar surface area (TPSA) is 28.2 Å². The number of hydrogen-bond donors (Lipinski definition) is 1. The van der Waals surface area contributed by atoms with E-state index in [4.69, 9.17) is 11.6 Å². The van der Waals surface area contributed by atoms with Crippen molar-refractivity contribution in [3.05, 3.63) is 58.9 Å². The van der Waals surface area contributed by atoms with Crippen LogP contribution in [0.1, 0.15) is 18.1 Å². The largest absolute Gasteiger partial charge is 0.370 e. The normalized spacial score (nSPS) is 10.6. The number of benzene rings is 1. The molecule has 0 radical (unpaired) electrons. The highest BCUT2D eigenvalue weighted by Crippen LogP contribution is 2.27. The predicted molar refractivity (Wildman–Crippen MR) is 85.2 cm³/mol. The van der Waals surface area contributed by atoms with Crippen molar-refractivity contribution < 1.29 is 0 Å². The highest BCUT2D eigenvalue weighted by atomic mass is 35.5. The lowest BCUT2D eigenvalue weighted by molar-refractivity contribution is 0.723. The molecule has 2 rings (SSSR count). The summed E-state index contributed by atoms with van der Waals surface area (Å²) in [7, 11) is 2.08. The molecule has 0 saturated heterocycles. The third kappa shape index (κ3) is 3.71. The molecule has 0 aliphatic carbocycles. The van der Waals surface area contributed by atoms with E-state index in [1.807, 2.05) is 36.7 Å². The minimum absolute atomic E-state index is 0.784. The molecule has 0 saturated carbocycles. The third-order valence-corrected chi connectivity index (χ3v) is 3.58. The SMILES string of the molecule is CCNCc1c(Cl)cccc1N(C)Cc1ccncc1. The molecule has 0 aliphatic rings. The van der Waals surface area contributed by atoms with Gasteiger partial charge in [0, 0.05) is 48.8 Å². The van der Waals surface area contributed by atoms with E-state index in [0.717, 1.165) is 35.9 Å². The van der Waals surface area contributed by atoms with Gasteiger partial charge in [-0.1, -0.05) is 24.6 Å². The fourth-order valence-electron chi connectivity index (χ4n) is 2.18. The highest BCUT2D eigenvalue weighted by Gasteiger charge is 2.10. The Balaban J connectivity index is 2.20. The number of nitrogens with one attached hydrogen (secondary N) is 1. The summed E-state index contributed by atoms with van der Waals surface area (Å²) in [4.78, 5) is 6.26. The van der Waals surface area contributed by atoms with Gasteiger partial charge in [-0.25, -0.2) is 0 Å². The molecule has 20 heavy (non-hydrogen) atoms. The summed E-state index contributed by atoms with van der Waals surface area (Å²) in [5.74, 6) is 0. The predicted octanol–water partition coefficient (Wildman–Crippen LogP) is 3.48. The summed E-state index contributed by atoms with van der Waals surface area (Å²) in [5, 5.41) is 4.15. The van der Waals surface area contributed by atoms with Gasteiger partial charge < -0.3 is 10.2 Å². The second-order valence-electron chi connectivity index (χ2n) is 4.73. The van der Waals surface area contributed by atoms with Crippen LogP contribution in [0.5, 0.6) is 0 Å². The molecule has 0 aliphatic heterocycles. The molecule has 1 aromatic carbocycles. The lowest BCUT2D eigenvalue weighted by atomic mass is 10.1. The number of aromatic nitrogens is 1. The maximum Gasteiger partial charge on any atom is 0.0471 e. The Kier molecular flexibility index (Phi) is 5.39. The van der Waals surface area contributed by atoms with Crippen molar-refractivity contribution in [2.75, 3.05) is 18.5 Å². The summed E-state index contributed by atoms with van der Waals surface area (Å²) < 4.78 is 0. The zero-order valence-electron chi connectivity index (χ0n) is 11.9. The van der Waals surface area contributed by atoms with Gasteiger partial charge in [-0.15, -0.1) is 0 Å². The first-order chi connectivity index (χ1) is 9.72. The molecule has 0 unspecified atom stereocenters. The first-order valence-corrected chi connectivity index (χ1v) is 7.18. The Labute approximate surface area is 125 Å². The van der Waals surface area contributed by atoms with E-state index >= 15 is 0 Å². The molecular weight excluding hydrogens is 270 g/mol. The van der Waals surface area contributed by atoms with Gasteiger partial charge in [-0.05, 0) is 36.4 Å². The van der Waals surface area contributed by atoms with Crippen LogP contribution in [-0.2, 0) is 13.1 Å². The van der Waals surface area contributed by atoms with E-state index < -0.39 is 0 Å². The maximum atomic E-state index is 6.34. The summed E-state index contributed by atoms with van der Waals surface area (Å²) >= 11 is 6.34. The molecule has 2 aromatic rings. The third-order valence-electron chi connectivity index (χ3n) is 3.23. The van der Waals surface area contributed by atoms with Crippen LogP contribution in [0.4, 0.5) is 5.69 Å². The van der Waals surface area contributed by atoms with Crippen LogP contribution in [0.2, 0.25) is 5.02 Å². The van der Waals surface area contributed by atoms with Crippen LogP contribution >= 0.6 is 11.6 Å². The smallest absolute Gasteiger partial charge is 0.0471 e. The number of rotatable bonds is 6. The minimum atomic E-state index is 0.784. The fourth-order valence-corrected chi connectivity index (χ4v) is 2.41. The summed E-state index contributed by atoms with van der Waals surface area (Å²) in [6.45, 7) is 4.64. The molecule has 106 valence electrons. The lowest BCUT2D eigenvalue weighted by Gasteiger charge is -2.23. The van der Waals surface area contributed by atoms with Gasteiger partial charge in [-0.2, -0.15) is 0 Å². The lowest BCUT2D eigenvalue weighted by Crippen LogP contribution is -2.21. The van der Waals surface area contributed by atoms with E-state index in [0.29, 0.717) is 0 Å². The Morgan fingerprint density at radius 1 is 1.20 bits per heavy atom. The molecule has 0 bridgehead atoms. The maximum absolute atomic E-state index is 6.34. The number of halogens is 1. The highest BCUT2D eigenvalue weighted by molar-refractivity contribution is 6.31. The average molecular weight is 290 g/mol. The summed E-state index contributed by atoms with van der Waals surface area (Å²) in [5.41, 5.74) is 3.54. The molecule has 3 nitrogen and oxygen atoms in total. The molecule has 0 spiro atoms. The molecule has 1 N–H and O–H groups in total. The molecule has 1 aromatic heterocycles. The standard InChI is InChI=1S/C16H20ClN3/c1-3-18-11-14-15(17)5-4-6-16(14)20(2)12-13-7-9-19-10-8-13/h4-10,18H,3,11-12H2,1-2H3. The Morgan fingerprint density at radius 3 is 2.65 bits per heavy atom. The summed E-state index contributed by atoms with van der Waals surface area (Å²) in [6.07, 6.45) is 3.64. The van der Waals surface area contributed by atoms with Crippen LogP contribution < -0.4 is 10.2 Å². The zero-order valence-corrected chi connectivity index (χ0v) is 12.7. The fraction of sp³-hybridized carbons (Fsp3) is 0.312. The molecule has 0 fully saturated rings. The second-order valence-corrected chi connectivity index (χ2v) is 5.14. The van der Waals surface area contributed by atoms with Crippen LogP contribution in [0.25, 0.3) is 0 Å². The van der Waals surface area contributed by atoms with Gasteiger partial charge in [0.2, 0.25) is 0 Å². The molecule has 1 heterocycles. The zero-order chi connectivity index (χ0) is 14.4. The van der Waals surface area contributed by atoms with Gasteiger partial charge >= 0.3 is 0 Å². The number of anilines is 1. The van der Waals surface area contributed by atoms with E-state index in [1.54, 1.807) is 0 Å². The molecule has 0 atom stereocenters. The van der Waals surface area contributed by atoms with E-state index in [2.05, 4.69) is 35.2 Å². The monoisotopic (exact) mass is 289 g/mol. The quantitative estimate of drug-likeness (QED) is 0.882. The number of pyridine rings is 1. The van der Waals surface area contributed by atoms with E-state index in [-0.39, 0.29) is 0 Å². The first-order valence-electron chi connectivity index (χ1n) is 6.80. The van der Waals surface area contributed by atoms with E-state index in [1.165, 1.54) is 5.56 Å². The van der Waals surface area contributed by atoms with Crippen LogP contribution in [0, 0.1) is 0 Å². The Morgan fingerprint density at radius 2 is 1.95 bits per heavy atom. The van der Waals surface area contributed by atoms with Crippen molar-refractivity contribution in [3.8, 4) is 0 Å². The number of hydrogen-bond acceptors (Lipinski definition) is 3. The van der Waals surface area contributed by atoms with Crippen molar-refractivity contribution >= 4 is 17.3 Å². The molecule has 4 heteroatoms. The van der Waals surface area contributed by atoms with Crippen molar-refractivity contribution in [3.63, 3.8) is 0 Å². The van der Waals surface area contributed by atoms with E-state index in [9.17, 15) is 0 Å². The first kappa shape index (κ1) is 14.8. The van der Waals surface area contributed by atoms with Gasteiger partial charge in [0.15, 0.2) is 0 Å². The van der Waals surface area contributed by atoms with Gasteiger partial charge in [0.1, 0.15) is 0 Å². The van der Waals surface area contributed by atoms with Crippen LogP contribution in [0.15, 0.2) is 42.7 Å². The summed E-state index contributed by atoms with van der Waals surface area (Å²) in [6, 6.07) is 10.1. The Hall–Kier alpha value is -1.58. The second kappa shape index (κ2) is 7.27. The van der Waals surface area contributed by atoms with Crippen molar-refractivity contribution in [2.45, 2.75) is 20.0 Å². The van der Waals surface area contributed by atoms with Crippen LogP contribution in [0.3, 0.4) is 0 Å². The molecular formula is C16H20ClN3. The number of nitrogens with zero attached hydrogens (tertiary/aromatic N) is 2. The minimum Gasteiger partial charge on any atom is -0.370 e. The van der Waals surface area contributed by atoms with Crippen molar-refractivity contribution in [1.29, 1.82) is 0 Å². The van der Waals surface area contributed by atoms with Crippen LogP contribution in [-0.4, -0.2) is 18.6 Å².